The van der Waals surface area contributed by atoms with Gasteiger partial charge in [-0.3, -0.25) is 4.99 Å². The summed E-state index contributed by atoms with van der Waals surface area (Å²) in [5.41, 5.74) is 2.82. The van der Waals surface area contributed by atoms with Gasteiger partial charge in [0.25, 0.3) is 0 Å². The third-order valence-corrected chi connectivity index (χ3v) is 4.52. The first kappa shape index (κ1) is 20.5. The zero-order chi connectivity index (χ0) is 18.5. The summed E-state index contributed by atoms with van der Waals surface area (Å²) in [6.07, 6.45) is 6.67. The summed E-state index contributed by atoms with van der Waals surface area (Å²) >= 11 is 0. The Kier molecular flexibility index (Phi) is 9.83. The monoisotopic (exact) mass is 359 g/mol. The van der Waals surface area contributed by atoms with Gasteiger partial charge in [0, 0.05) is 40.4 Å². The van der Waals surface area contributed by atoms with Crippen LogP contribution in [0.3, 0.4) is 0 Å². The summed E-state index contributed by atoms with van der Waals surface area (Å²) < 4.78 is 10.4. The van der Waals surface area contributed by atoms with Gasteiger partial charge in [-0.05, 0) is 31.2 Å². The van der Waals surface area contributed by atoms with Crippen molar-refractivity contribution in [3.63, 3.8) is 0 Å². The van der Waals surface area contributed by atoms with Gasteiger partial charge < -0.3 is 19.7 Å². The lowest BCUT2D eigenvalue weighted by Crippen LogP contribution is -2.44. The summed E-state index contributed by atoms with van der Waals surface area (Å²) in [5, 5.41) is 3.48. The van der Waals surface area contributed by atoms with Crippen LogP contribution in [0.5, 0.6) is 0 Å². The fourth-order valence-electron chi connectivity index (χ4n) is 3.04. The zero-order valence-electron chi connectivity index (χ0n) is 16.2. The van der Waals surface area contributed by atoms with Gasteiger partial charge in [0.05, 0.1) is 13.2 Å². The van der Waals surface area contributed by atoms with Crippen molar-refractivity contribution in [1.82, 2.24) is 10.2 Å². The van der Waals surface area contributed by atoms with Crippen LogP contribution < -0.4 is 5.32 Å². The fourth-order valence-corrected chi connectivity index (χ4v) is 3.04. The van der Waals surface area contributed by atoms with Crippen LogP contribution in [0.4, 0.5) is 0 Å². The number of guanidine groups is 1. The first-order valence-electron chi connectivity index (χ1n) is 9.60. The van der Waals surface area contributed by atoms with Crippen LogP contribution in [-0.2, 0) is 9.47 Å². The number of ether oxygens (including phenoxy) is 2. The lowest BCUT2D eigenvalue weighted by atomic mass is 10.0. The van der Waals surface area contributed by atoms with Gasteiger partial charge in [-0.25, -0.2) is 0 Å². The van der Waals surface area contributed by atoms with Gasteiger partial charge in [0.15, 0.2) is 5.96 Å². The van der Waals surface area contributed by atoms with Crippen LogP contribution in [0, 0.1) is 0 Å². The molecule has 0 atom stereocenters. The number of methoxy groups -OCH3 is 1. The van der Waals surface area contributed by atoms with E-state index in [1.54, 1.807) is 7.11 Å². The van der Waals surface area contributed by atoms with E-state index in [-0.39, 0.29) is 0 Å². The number of nitrogens with zero attached hydrogens (tertiary/aromatic N) is 2. The first-order valence-corrected chi connectivity index (χ1v) is 9.60. The SMILES string of the molecule is CN=C(NCCCCOCCOC)N1CCC(=Cc2ccccc2)CC1. The molecule has 0 aliphatic carbocycles. The van der Waals surface area contributed by atoms with Crippen LogP contribution in [0.25, 0.3) is 6.08 Å². The molecule has 0 radical (unpaired) electrons. The Balaban J connectivity index is 1.64. The van der Waals surface area contributed by atoms with Crippen LogP contribution in [0.1, 0.15) is 31.2 Å². The molecule has 1 N–H and O–H groups in total. The van der Waals surface area contributed by atoms with Crippen LogP contribution in [0.2, 0.25) is 0 Å². The molecule has 1 fully saturated rings. The Morgan fingerprint density at radius 1 is 1.12 bits per heavy atom. The standard InChI is InChI=1S/C21H33N3O2/c1-22-21(23-12-6-7-15-26-17-16-25-2)24-13-10-20(11-14-24)18-19-8-4-3-5-9-19/h3-5,8-9,18H,6-7,10-17H2,1-2H3,(H,22,23). The van der Waals surface area contributed by atoms with Crippen molar-refractivity contribution in [2.75, 3.05) is 53.6 Å². The van der Waals surface area contributed by atoms with Crippen molar-refractivity contribution < 1.29 is 9.47 Å². The van der Waals surface area contributed by atoms with Crippen molar-refractivity contribution in [3.05, 3.63) is 41.5 Å². The molecule has 0 unspecified atom stereocenters. The van der Waals surface area contributed by atoms with E-state index in [4.69, 9.17) is 9.47 Å². The predicted molar refractivity (Wildman–Crippen MR) is 109 cm³/mol. The Hall–Kier alpha value is -1.85. The average molecular weight is 360 g/mol. The number of nitrogens with one attached hydrogen (secondary N) is 1. The Bertz CT molecular complexity index is 548. The summed E-state index contributed by atoms with van der Waals surface area (Å²) in [6.45, 7) is 5.13. The summed E-state index contributed by atoms with van der Waals surface area (Å²) in [7, 11) is 3.56. The van der Waals surface area contributed by atoms with Crippen molar-refractivity contribution >= 4 is 12.0 Å². The van der Waals surface area contributed by atoms with Crippen LogP contribution in [-0.4, -0.2) is 64.5 Å². The molecule has 0 saturated carbocycles. The number of hydrogen-bond donors (Lipinski definition) is 1. The highest BCUT2D eigenvalue weighted by Crippen LogP contribution is 2.19. The molecule has 1 aromatic carbocycles. The van der Waals surface area contributed by atoms with E-state index in [0.717, 1.165) is 57.9 Å². The Labute approximate surface area is 158 Å². The molecule has 0 aromatic heterocycles. The smallest absolute Gasteiger partial charge is 0.193 e. The minimum absolute atomic E-state index is 0.667. The van der Waals surface area contributed by atoms with Gasteiger partial charge in [-0.2, -0.15) is 0 Å². The summed E-state index contributed by atoms with van der Waals surface area (Å²) in [5.74, 6) is 1.02. The minimum Gasteiger partial charge on any atom is -0.382 e. The van der Waals surface area contributed by atoms with E-state index in [9.17, 15) is 0 Å². The van der Waals surface area contributed by atoms with E-state index >= 15 is 0 Å². The first-order chi connectivity index (χ1) is 12.8. The number of rotatable bonds is 9. The third kappa shape index (κ3) is 7.58. The maximum absolute atomic E-state index is 5.48. The number of benzene rings is 1. The van der Waals surface area contributed by atoms with Crippen LogP contribution >= 0.6 is 0 Å². The topological polar surface area (TPSA) is 46.1 Å². The molecule has 1 aliphatic heterocycles. The largest absolute Gasteiger partial charge is 0.382 e. The maximum atomic E-state index is 5.48. The zero-order valence-corrected chi connectivity index (χ0v) is 16.2. The van der Waals surface area contributed by atoms with Crippen molar-refractivity contribution in [2.24, 2.45) is 4.99 Å². The molecular formula is C21H33N3O2. The van der Waals surface area contributed by atoms with Gasteiger partial charge in [-0.15, -0.1) is 0 Å². The summed E-state index contributed by atoms with van der Waals surface area (Å²) in [6, 6.07) is 10.6. The quantitative estimate of drug-likeness (QED) is 0.418. The Morgan fingerprint density at radius 2 is 1.88 bits per heavy atom. The Morgan fingerprint density at radius 3 is 2.58 bits per heavy atom. The molecule has 1 aromatic rings. The van der Waals surface area contributed by atoms with E-state index in [2.05, 4.69) is 51.6 Å². The maximum Gasteiger partial charge on any atom is 0.193 e. The highest BCUT2D eigenvalue weighted by atomic mass is 16.5. The molecule has 0 amide bonds. The van der Waals surface area contributed by atoms with E-state index in [1.807, 2.05) is 7.05 Å². The predicted octanol–water partition coefficient (Wildman–Crippen LogP) is 3.18. The normalized spacial score (nSPS) is 15.2. The average Bonchev–Trinajstić information content (AvgIpc) is 2.69. The molecule has 0 bridgehead atoms. The van der Waals surface area contributed by atoms with Gasteiger partial charge in [-0.1, -0.05) is 42.0 Å². The molecule has 144 valence electrons. The molecule has 0 spiro atoms. The molecule has 5 nitrogen and oxygen atoms in total. The molecule has 1 saturated heterocycles. The van der Waals surface area contributed by atoms with E-state index < -0.39 is 0 Å². The van der Waals surface area contributed by atoms with Gasteiger partial charge >= 0.3 is 0 Å². The van der Waals surface area contributed by atoms with Crippen molar-refractivity contribution in [2.45, 2.75) is 25.7 Å². The number of hydrogen-bond acceptors (Lipinski definition) is 3. The lowest BCUT2D eigenvalue weighted by Gasteiger charge is -2.31. The number of likely N-dealkylation sites (tertiary alicyclic amines) is 1. The summed E-state index contributed by atoms with van der Waals surface area (Å²) in [4.78, 5) is 6.80. The molecule has 26 heavy (non-hydrogen) atoms. The van der Waals surface area contributed by atoms with E-state index in [0.29, 0.717) is 13.2 Å². The minimum atomic E-state index is 0.667. The molecular weight excluding hydrogens is 326 g/mol. The van der Waals surface area contributed by atoms with E-state index in [1.165, 1.54) is 11.1 Å². The molecule has 2 rings (SSSR count). The lowest BCUT2D eigenvalue weighted by molar-refractivity contribution is 0.0689. The van der Waals surface area contributed by atoms with Gasteiger partial charge in [0.1, 0.15) is 0 Å². The second-order valence-electron chi connectivity index (χ2n) is 6.49. The number of unbranched alkanes of at least 4 members (excludes halogenated alkanes) is 1. The van der Waals surface area contributed by atoms with Crippen molar-refractivity contribution in [1.29, 1.82) is 0 Å². The highest BCUT2D eigenvalue weighted by Gasteiger charge is 2.16. The molecule has 1 heterocycles. The highest BCUT2D eigenvalue weighted by molar-refractivity contribution is 5.80. The molecule has 1 aliphatic rings. The molecule has 5 heteroatoms. The van der Waals surface area contributed by atoms with Gasteiger partial charge in [0.2, 0.25) is 0 Å². The number of aliphatic imine (C=N–C) groups is 1. The second-order valence-corrected chi connectivity index (χ2v) is 6.49. The fraction of sp³-hybridized carbons (Fsp3) is 0.571. The van der Waals surface area contributed by atoms with Crippen molar-refractivity contribution in [3.8, 4) is 0 Å². The second kappa shape index (κ2) is 12.5. The van der Waals surface area contributed by atoms with Crippen LogP contribution in [0.15, 0.2) is 40.9 Å². The number of piperidine rings is 1. The third-order valence-electron chi connectivity index (χ3n) is 4.52.